The topological polar surface area (TPSA) is 40.5 Å². The van der Waals surface area contributed by atoms with Crippen molar-refractivity contribution in [2.45, 2.75) is 13.5 Å². The molecule has 1 aromatic carbocycles. The van der Waals surface area contributed by atoms with E-state index in [2.05, 4.69) is 0 Å². The van der Waals surface area contributed by atoms with Crippen LogP contribution in [0.4, 0.5) is 0 Å². The van der Waals surface area contributed by atoms with E-state index in [1.165, 1.54) is 0 Å². The molecular formula is C11H14O2. The van der Waals surface area contributed by atoms with Crippen LogP contribution in [-0.2, 0) is 6.61 Å². The SMILES string of the molecule is C/C=C(\CO)c1cccc(CO)c1. The van der Waals surface area contributed by atoms with Gasteiger partial charge < -0.3 is 10.2 Å². The van der Waals surface area contributed by atoms with E-state index in [0.717, 1.165) is 16.7 Å². The zero-order valence-corrected chi connectivity index (χ0v) is 7.70. The van der Waals surface area contributed by atoms with Gasteiger partial charge in [-0.05, 0) is 29.7 Å². The molecule has 0 bridgehead atoms. The minimum atomic E-state index is 0.0331. The third-order valence-corrected chi connectivity index (χ3v) is 2.00. The summed E-state index contributed by atoms with van der Waals surface area (Å²) in [6.07, 6.45) is 1.87. The molecule has 0 aliphatic rings. The van der Waals surface area contributed by atoms with Crippen LogP contribution in [-0.4, -0.2) is 16.8 Å². The largest absolute Gasteiger partial charge is 0.392 e. The molecule has 0 spiro atoms. The van der Waals surface area contributed by atoms with Crippen LogP contribution in [0.25, 0.3) is 5.57 Å². The quantitative estimate of drug-likeness (QED) is 0.737. The highest BCUT2D eigenvalue weighted by atomic mass is 16.3. The van der Waals surface area contributed by atoms with Gasteiger partial charge in [0, 0.05) is 0 Å². The van der Waals surface area contributed by atoms with Gasteiger partial charge >= 0.3 is 0 Å². The Bertz CT molecular complexity index is 303. The standard InChI is InChI=1S/C11H14O2/c1-2-10(8-13)11-5-3-4-9(6-11)7-12/h2-6,12-13H,7-8H2,1H3/b10-2+. The zero-order chi connectivity index (χ0) is 9.68. The van der Waals surface area contributed by atoms with Gasteiger partial charge in [-0.2, -0.15) is 0 Å². The highest BCUT2D eigenvalue weighted by molar-refractivity contribution is 5.66. The lowest BCUT2D eigenvalue weighted by Crippen LogP contribution is -1.91. The lowest BCUT2D eigenvalue weighted by Gasteiger charge is -2.04. The Morgan fingerprint density at radius 2 is 2.15 bits per heavy atom. The highest BCUT2D eigenvalue weighted by Gasteiger charge is 1.99. The summed E-state index contributed by atoms with van der Waals surface area (Å²) in [5.41, 5.74) is 2.72. The molecule has 0 amide bonds. The highest BCUT2D eigenvalue weighted by Crippen LogP contribution is 2.15. The fourth-order valence-electron chi connectivity index (χ4n) is 1.22. The minimum absolute atomic E-state index is 0.0331. The summed E-state index contributed by atoms with van der Waals surface area (Å²) in [4.78, 5) is 0. The summed E-state index contributed by atoms with van der Waals surface area (Å²) in [5, 5.41) is 17.9. The molecule has 13 heavy (non-hydrogen) atoms. The van der Waals surface area contributed by atoms with Gasteiger partial charge in [0.05, 0.1) is 13.2 Å². The summed E-state index contributed by atoms with van der Waals surface area (Å²) in [6, 6.07) is 7.53. The van der Waals surface area contributed by atoms with Crippen LogP contribution in [0.5, 0.6) is 0 Å². The summed E-state index contributed by atoms with van der Waals surface area (Å²) in [7, 11) is 0. The predicted octanol–water partition coefficient (Wildman–Crippen LogP) is 1.57. The van der Waals surface area contributed by atoms with E-state index in [1.54, 1.807) is 0 Å². The average Bonchev–Trinajstić information content (AvgIpc) is 2.20. The molecular weight excluding hydrogens is 164 g/mol. The summed E-state index contributed by atoms with van der Waals surface area (Å²) >= 11 is 0. The Kier molecular flexibility index (Phi) is 3.68. The maximum absolute atomic E-state index is 9.01. The fraction of sp³-hybridized carbons (Fsp3) is 0.273. The third kappa shape index (κ3) is 2.41. The summed E-state index contributed by atoms with van der Waals surface area (Å²) < 4.78 is 0. The van der Waals surface area contributed by atoms with Gasteiger partial charge in [-0.15, -0.1) is 0 Å². The molecule has 0 aliphatic heterocycles. The van der Waals surface area contributed by atoms with Crippen molar-refractivity contribution in [1.29, 1.82) is 0 Å². The molecule has 0 aliphatic carbocycles. The number of benzene rings is 1. The molecule has 2 heteroatoms. The van der Waals surface area contributed by atoms with Crippen molar-refractivity contribution in [3.05, 3.63) is 41.5 Å². The second kappa shape index (κ2) is 4.80. The Morgan fingerprint density at radius 3 is 2.69 bits per heavy atom. The van der Waals surface area contributed by atoms with Crippen LogP contribution in [0.3, 0.4) is 0 Å². The average molecular weight is 178 g/mol. The van der Waals surface area contributed by atoms with Crippen molar-refractivity contribution in [3.63, 3.8) is 0 Å². The smallest absolute Gasteiger partial charge is 0.0684 e. The first-order valence-electron chi connectivity index (χ1n) is 4.28. The van der Waals surface area contributed by atoms with Gasteiger partial charge in [0.2, 0.25) is 0 Å². The first-order valence-corrected chi connectivity index (χ1v) is 4.28. The fourth-order valence-corrected chi connectivity index (χ4v) is 1.22. The molecule has 0 saturated carbocycles. The third-order valence-electron chi connectivity index (χ3n) is 2.00. The Balaban J connectivity index is 3.00. The lowest BCUT2D eigenvalue weighted by atomic mass is 10.0. The molecule has 0 saturated heterocycles. The number of hydrogen-bond acceptors (Lipinski definition) is 2. The van der Waals surface area contributed by atoms with E-state index in [0.29, 0.717) is 0 Å². The molecule has 1 aromatic rings. The van der Waals surface area contributed by atoms with Gasteiger partial charge in [0.15, 0.2) is 0 Å². The summed E-state index contributed by atoms with van der Waals surface area (Å²) in [5.74, 6) is 0. The van der Waals surface area contributed by atoms with Gasteiger partial charge in [0.1, 0.15) is 0 Å². The second-order valence-corrected chi connectivity index (χ2v) is 2.83. The van der Waals surface area contributed by atoms with E-state index in [9.17, 15) is 0 Å². The molecule has 0 radical (unpaired) electrons. The molecule has 0 unspecified atom stereocenters. The molecule has 0 aromatic heterocycles. The van der Waals surface area contributed by atoms with Crippen LogP contribution >= 0.6 is 0 Å². The first kappa shape index (κ1) is 9.96. The van der Waals surface area contributed by atoms with Gasteiger partial charge in [-0.3, -0.25) is 0 Å². The molecule has 0 atom stereocenters. The number of aliphatic hydroxyl groups is 2. The van der Waals surface area contributed by atoms with E-state index < -0.39 is 0 Å². The second-order valence-electron chi connectivity index (χ2n) is 2.83. The van der Waals surface area contributed by atoms with Crippen molar-refractivity contribution in [2.24, 2.45) is 0 Å². The lowest BCUT2D eigenvalue weighted by molar-refractivity contribution is 0.282. The van der Waals surface area contributed by atoms with E-state index >= 15 is 0 Å². The number of aliphatic hydroxyl groups excluding tert-OH is 2. The summed E-state index contributed by atoms with van der Waals surface area (Å²) in [6.45, 7) is 1.96. The predicted molar refractivity (Wildman–Crippen MR) is 53.1 cm³/mol. The van der Waals surface area contributed by atoms with E-state index in [4.69, 9.17) is 10.2 Å². The maximum Gasteiger partial charge on any atom is 0.0684 e. The van der Waals surface area contributed by atoms with Crippen LogP contribution in [0.1, 0.15) is 18.1 Å². The molecule has 2 N–H and O–H groups in total. The Morgan fingerprint density at radius 1 is 1.38 bits per heavy atom. The van der Waals surface area contributed by atoms with Gasteiger partial charge in [-0.25, -0.2) is 0 Å². The van der Waals surface area contributed by atoms with Gasteiger partial charge in [0.25, 0.3) is 0 Å². The molecule has 2 nitrogen and oxygen atoms in total. The Hall–Kier alpha value is -1.12. The van der Waals surface area contributed by atoms with Crippen LogP contribution in [0, 0.1) is 0 Å². The van der Waals surface area contributed by atoms with Gasteiger partial charge in [-0.1, -0.05) is 24.3 Å². The van der Waals surface area contributed by atoms with Crippen molar-refractivity contribution in [3.8, 4) is 0 Å². The molecule has 70 valence electrons. The van der Waals surface area contributed by atoms with Crippen molar-refractivity contribution >= 4 is 5.57 Å². The zero-order valence-electron chi connectivity index (χ0n) is 7.70. The monoisotopic (exact) mass is 178 g/mol. The van der Waals surface area contributed by atoms with E-state index in [1.807, 2.05) is 37.3 Å². The van der Waals surface area contributed by atoms with E-state index in [-0.39, 0.29) is 13.2 Å². The maximum atomic E-state index is 9.01. The minimum Gasteiger partial charge on any atom is -0.392 e. The number of rotatable bonds is 3. The first-order chi connectivity index (χ1) is 6.31. The normalized spacial score (nSPS) is 11.8. The van der Waals surface area contributed by atoms with Crippen molar-refractivity contribution in [1.82, 2.24) is 0 Å². The molecule has 0 heterocycles. The van der Waals surface area contributed by atoms with Crippen molar-refractivity contribution < 1.29 is 10.2 Å². The molecule has 0 fully saturated rings. The van der Waals surface area contributed by atoms with Crippen molar-refractivity contribution in [2.75, 3.05) is 6.61 Å². The molecule has 1 rings (SSSR count). The Labute approximate surface area is 78.2 Å². The van der Waals surface area contributed by atoms with Crippen LogP contribution in [0.15, 0.2) is 30.3 Å². The van der Waals surface area contributed by atoms with Crippen LogP contribution < -0.4 is 0 Å². The number of hydrogen-bond donors (Lipinski definition) is 2. The number of allylic oxidation sites excluding steroid dienone is 1. The van der Waals surface area contributed by atoms with Crippen LogP contribution in [0.2, 0.25) is 0 Å².